The van der Waals surface area contributed by atoms with Gasteiger partial charge in [-0.25, -0.2) is 4.79 Å². The summed E-state index contributed by atoms with van der Waals surface area (Å²) in [6, 6.07) is 13.7. The third-order valence-electron chi connectivity index (χ3n) is 6.47. The molecule has 1 aliphatic carbocycles. The number of benzene rings is 1. The second-order valence-electron chi connectivity index (χ2n) is 7.87. The third-order valence-corrected chi connectivity index (χ3v) is 6.47. The van der Waals surface area contributed by atoms with Crippen LogP contribution in [0.3, 0.4) is 0 Å². The fourth-order valence-corrected chi connectivity index (χ4v) is 4.70. The van der Waals surface area contributed by atoms with Crippen LogP contribution >= 0.6 is 0 Å². The Balaban J connectivity index is 1.53. The van der Waals surface area contributed by atoms with E-state index in [2.05, 4.69) is 23.1 Å². The van der Waals surface area contributed by atoms with Gasteiger partial charge in [0, 0.05) is 32.2 Å². The molecule has 0 spiro atoms. The molecule has 1 aromatic rings. The molecule has 1 amide bonds. The van der Waals surface area contributed by atoms with E-state index < -0.39 is 0 Å². The predicted molar refractivity (Wildman–Crippen MR) is 105 cm³/mol. The lowest BCUT2D eigenvalue weighted by atomic mass is 9.69. The molecular weight excluding hydrogens is 338 g/mol. The Morgan fingerprint density at radius 3 is 2.41 bits per heavy atom. The van der Waals surface area contributed by atoms with E-state index in [0.29, 0.717) is 12.6 Å². The van der Waals surface area contributed by atoms with Gasteiger partial charge in [0.25, 0.3) is 0 Å². The number of rotatable bonds is 4. The molecule has 0 bridgehead atoms. The molecule has 1 saturated heterocycles. The van der Waals surface area contributed by atoms with Crippen molar-refractivity contribution in [1.82, 2.24) is 9.80 Å². The monoisotopic (exact) mass is 369 g/mol. The summed E-state index contributed by atoms with van der Waals surface area (Å²) < 4.78 is 5.12. The van der Waals surface area contributed by atoms with Crippen molar-refractivity contribution in [2.24, 2.45) is 0 Å². The molecule has 2 fully saturated rings. The summed E-state index contributed by atoms with van der Waals surface area (Å²) in [5.74, 6) is 0. The Bertz CT molecular complexity index is 654. The molecule has 5 nitrogen and oxygen atoms in total. The largest absolute Gasteiger partial charge is 0.450 e. The van der Waals surface area contributed by atoms with Crippen molar-refractivity contribution in [3.8, 4) is 6.07 Å². The molecule has 1 aromatic carbocycles. The SMILES string of the molecule is CCOC(=O)N(C)C1CCN(C2CCC(C#N)(c3ccccc3)CC2)CC1. The summed E-state index contributed by atoms with van der Waals surface area (Å²) in [7, 11) is 1.85. The Labute approximate surface area is 162 Å². The first kappa shape index (κ1) is 19.7. The zero-order valence-electron chi connectivity index (χ0n) is 16.6. The van der Waals surface area contributed by atoms with Crippen LogP contribution in [0.5, 0.6) is 0 Å². The number of nitrogens with zero attached hydrogens (tertiary/aromatic N) is 3. The molecule has 146 valence electrons. The maximum Gasteiger partial charge on any atom is 0.409 e. The highest BCUT2D eigenvalue weighted by Crippen LogP contribution is 2.40. The van der Waals surface area contributed by atoms with Crippen LogP contribution in [0.4, 0.5) is 4.79 Å². The number of amides is 1. The number of likely N-dealkylation sites (tertiary alicyclic amines) is 1. The summed E-state index contributed by atoms with van der Waals surface area (Å²) >= 11 is 0. The average molecular weight is 370 g/mol. The van der Waals surface area contributed by atoms with Crippen LogP contribution in [0, 0.1) is 11.3 Å². The summed E-state index contributed by atoms with van der Waals surface area (Å²) in [6.07, 6.45) is 5.78. The van der Waals surface area contributed by atoms with Crippen LogP contribution in [0.2, 0.25) is 0 Å². The lowest BCUT2D eigenvalue weighted by Gasteiger charge is -2.44. The van der Waals surface area contributed by atoms with Crippen LogP contribution in [0.1, 0.15) is 51.0 Å². The Morgan fingerprint density at radius 2 is 1.85 bits per heavy atom. The predicted octanol–water partition coefficient (Wildman–Crippen LogP) is 3.94. The third kappa shape index (κ3) is 4.27. The smallest absolute Gasteiger partial charge is 0.409 e. The number of hydrogen-bond donors (Lipinski definition) is 0. The Hall–Kier alpha value is -2.06. The van der Waals surface area contributed by atoms with Gasteiger partial charge in [-0.3, -0.25) is 0 Å². The topological polar surface area (TPSA) is 56.6 Å². The van der Waals surface area contributed by atoms with Crippen molar-refractivity contribution in [2.45, 2.75) is 62.9 Å². The van der Waals surface area contributed by atoms with Gasteiger partial charge in [0.05, 0.1) is 18.1 Å². The molecule has 27 heavy (non-hydrogen) atoms. The second kappa shape index (κ2) is 8.75. The molecule has 3 rings (SSSR count). The molecule has 1 aliphatic heterocycles. The number of nitriles is 1. The normalized spacial score (nSPS) is 26.9. The van der Waals surface area contributed by atoms with Gasteiger partial charge in [0.2, 0.25) is 0 Å². The molecule has 5 heteroatoms. The van der Waals surface area contributed by atoms with Crippen molar-refractivity contribution in [2.75, 3.05) is 26.7 Å². The molecule has 0 radical (unpaired) electrons. The van der Waals surface area contributed by atoms with Gasteiger partial charge in [0.15, 0.2) is 0 Å². The van der Waals surface area contributed by atoms with Crippen LogP contribution in [0.25, 0.3) is 0 Å². The summed E-state index contributed by atoms with van der Waals surface area (Å²) in [5, 5.41) is 9.87. The van der Waals surface area contributed by atoms with Gasteiger partial charge in [-0.2, -0.15) is 5.26 Å². The molecule has 0 atom stereocenters. The fraction of sp³-hybridized carbons (Fsp3) is 0.636. The van der Waals surface area contributed by atoms with E-state index >= 15 is 0 Å². The van der Waals surface area contributed by atoms with Crippen molar-refractivity contribution in [1.29, 1.82) is 5.26 Å². The average Bonchev–Trinajstić information content (AvgIpc) is 2.74. The first-order valence-electron chi connectivity index (χ1n) is 10.2. The zero-order chi connectivity index (χ0) is 19.3. The Morgan fingerprint density at radius 1 is 1.22 bits per heavy atom. The van der Waals surface area contributed by atoms with E-state index in [0.717, 1.165) is 51.6 Å². The minimum atomic E-state index is -0.319. The zero-order valence-corrected chi connectivity index (χ0v) is 16.6. The number of hydrogen-bond acceptors (Lipinski definition) is 4. The van der Waals surface area contributed by atoms with Gasteiger partial charge in [-0.1, -0.05) is 30.3 Å². The van der Waals surface area contributed by atoms with Crippen LogP contribution in [0.15, 0.2) is 30.3 Å². The highest BCUT2D eigenvalue weighted by atomic mass is 16.6. The van der Waals surface area contributed by atoms with E-state index in [1.807, 2.05) is 32.2 Å². The van der Waals surface area contributed by atoms with Crippen LogP contribution in [-0.2, 0) is 10.2 Å². The lowest BCUT2D eigenvalue weighted by Crippen LogP contribution is -2.50. The highest BCUT2D eigenvalue weighted by molar-refractivity contribution is 5.67. The van der Waals surface area contributed by atoms with Crippen LogP contribution in [-0.4, -0.2) is 54.7 Å². The van der Waals surface area contributed by atoms with Crippen LogP contribution < -0.4 is 0 Å². The van der Waals surface area contributed by atoms with Gasteiger partial charge in [-0.15, -0.1) is 0 Å². The number of carbonyl (C=O) groups excluding carboxylic acids is 1. The van der Waals surface area contributed by atoms with E-state index in [1.54, 1.807) is 4.90 Å². The van der Waals surface area contributed by atoms with E-state index in [9.17, 15) is 10.1 Å². The number of piperidine rings is 1. The molecule has 2 aliphatic rings. The second-order valence-corrected chi connectivity index (χ2v) is 7.87. The molecule has 1 heterocycles. The Kier molecular flexibility index (Phi) is 6.38. The molecular formula is C22H31N3O2. The molecule has 1 saturated carbocycles. The quantitative estimate of drug-likeness (QED) is 0.806. The standard InChI is InChI=1S/C22H31N3O2/c1-3-27-21(26)24(2)19-11-15-25(16-12-19)20-9-13-22(17-23,14-10-20)18-7-5-4-6-8-18/h4-8,19-20H,3,9-16H2,1-2H3. The molecule has 0 aromatic heterocycles. The summed E-state index contributed by atoms with van der Waals surface area (Å²) in [5.41, 5.74) is 0.848. The number of carbonyl (C=O) groups is 1. The van der Waals surface area contributed by atoms with Crippen molar-refractivity contribution in [3.05, 3.63) is 35.9 Å². The lowest BCUT2D eigenvalue weighted by molar-refractivity contribution is 0.0589. The maximum absolute atomic E-state index is 11.9. The van der Waals surface area contributed by atoms with Crippen molar-refractivity contribution >= 4 is 6.09 Å². The summed E-state index contributed by atoms with van der Waals surface area (Å²) in [4.78, 5) is 16.3. The first-order chi connectivity index (χ1) is 13.1. The van der Waals surface area contributed by atoms with E-state index in [1.165, 1.54) is 5.56 Å². The van der Waals surface area contributed by atoms with E-state index in [4.69, 9.17) is 4.74 Å². The van der Waals surface area contributed by atoms with E-state index in [-0.39, 0.29) is 17.6 Å². The fourth-order valence-electron chi connectivity index (χ4n) is 4.70. The minimum Gasteiger partial charge on any atom is -0.450 e. The van der Waals surface area contributed by atoms with Crippen molar-refractivity contribution < 1.29 is 9.53 Å². The van der Waals surface area contributed by atoms with Gasteiger partial charge in [-0.05, 0) is 51.0 Å². The summed E-state index contributed by atoms with van der Waals surface area (Å²) in [6.45, 7) is 4.30. The van der Waals surface area contributed by atoms with Gasteiger partial charge >= 0.3 is 6.09 Å². The molecule has 0 N–H and O–H groups in total. The minimum absolute atomic E-state index is 0.213. The van der Waals surface area contributed by atoms with Gasteiger partial charge in [0.1, 0.15) is 0 Å². The van der Waals surface area contributed by atoms with Crippen molar-refractivity contribution in [3.63, 3.8) is 0 Å². The number of ether oxygens (including phenoxy) is 1. The maximum atomic E-state index is 11.9. The molecule has 0 unspecified atom stereocenters. The highest BCUT2D eigenvalue weighted by Gasteiger charge is 2.39. The first-order valence-corrected chi connectivity index (χ1v) is 10.2. The van der Waals surface area contributed by atoms with Gasteiger partial charge < -0.3 is 14.5 Å².